The number of hydrogen-bond acceptors (Lipinski definition) is 4. The van der Waals surface area contributed by atoms with Crippen LogP contribution in [-0.4, -0.2) is 9.97 Å². The van der Waals surface area contributed by atoms with Crippen molar-refractivity contribution >= 4 is 55.6 Å². The second kappa shape index (κ2) is 6.68. The molecule has 2 heterocycles. The van der Waals surface area contributed by atoms with Crippen molar-refractivity contribution in [3.05, 3.63) is 69.1 Å². The fraction of sp³-hybridized carbons (Fsp3) is 0.0526. The Balaban J connectivity index is 1.87. The number of aryl methyl sites for hydroxylation is 1. The van der Waals surface area contributed by atoms with Gasteiger partial charge >= 0.3 is 0 Å². The van der Waals surface area contributed by atoms with E-state index in [1.54, 1.807) is 29.8 Å². The van der Waals surface area contributed by atoms with Crippen LogP contribution in [0.2, 0.25) is 0 Å². The highest BCUT2D eigenvalue weighted by Crippen LogP contribution is 2.40. The van der Waals surface area contributed by atoms with E-state index in [1.807, 2.05) is 24.3 Å². The summed E-state index contributed by atoms with van der Waals surface area (Å²) >= 11 is 3.90. The Kier molecular flexibility index (Phi) is 4.39. The van der Waals surface area contributed by atoms with Crippen molar-refractivity contribution < 1.29 is 4.39 Å². The SMILES string of the molecule is Cc1sc2ncnc(Nc3ccc(I)cc3)c2c1-c1ccc(F)cc1. The standard InChI is InChI=1S/C19H13FIN3S/c1-11-16(12-2-4-13(20)5-3-12)17-18(22-10-23-19(17)25-11)24-15-8-6-14(21)7-9-15/h2-10H,1H3,(H,22,23,24). The lowest BCUT2D eigenvalue weighted by Gasteiger charge is -2.09. The Bertz CT molecular complexity index is 1040. The molecule has 0 unspecified atom stereocenters. The smallest absolute Gasteiger partial charge is 0.143 e. The maximum atomic E-state index is 13.3. The van der Waals surface area contributed by atoms with Crippen LogP contribution in [0.5, 0.6) is 0 Å². The molecule has 0 aliphatic heterocycles. The van der Waals surface area contributed by atoms with Crippen LogP contribution in [0.15, 0.2) is 54.9 Å². The molecule has 4 rings (SSSR count). The van der Waals surface area contributed by atoms with E-state index in [0.717, 1.165) is 37.7 Å². The van der Waals surface area contributed by atoms with Crippen molar-refractivity contribution in [2.75, 3.05) is 5.32 Å². The zero-order valence-electron chi connectivity index (χ0n) is 13.3. The van der Waals surface area contributed by atoms with Gasteiger partial charge in [-0.15, -0.1) is 11.3 Å². The van der Waals surface area contributed by atoms with E-state index in [-0.39, 0.29) is 5.82 Å². The van der Waals surface area contributed by atoms with Gasteiger partial charge in [0.15, 0.2) is 0 Å². The third-order valence-corrected chi connectivity index (χ3v) is 5.64. The molecule has 0 radical (unpaired) electrons. The van der Waals surface area contributed by atoms with Gasteiger partial charge < -0.3 is 5.32 Å². The molecule has 2 aromatic carbocycles. The van der Waals surface area contributed by atoms with Crippen LogP contribution in [0.3, 0.4) is 0 Å². The predicted octanol–water partition coefficient (Wildman–Crippen LogP) is 6.15. The fourth-order valence-electron chi connectivity index (χ4n) is 2.77. The molecule has 0 amide bonds. The fourth-order valence-corrected chi connectivity index (χ4v) is 4.15. The summed E-state index contributed by atoms with van der Waals surface area (Å²) < 4.78 is 14.5. The molecule has 124 valence electrons. The number of thiophene rings is 1. The van der Waals surface area contributed by atoms with Crippen LogP contribution in [0.4, 0.5) is 15.9 Å². The average molecular weight is 461 g/mol. The minimum absolute atomic E-state index is 0.241. The van der Waals surface area contributed by atoms with E-state index in [0.29, 0.717) is 0 Å². The highest BCUT2D eigenvalue weighted by molar-refractivity contribution is 14.1. The lowest BCUT2D eigenvalue weighted by Crippen LogP contribution is -1.95. The quantitative estimate of drug-likeness (QED) is 0.372. The number of rotatable bonds is 3. The van der Waals surface area contributed by atoms with Gasteiger partial charge in [-0.1, -0.05) is 12.1 Å². The van der Waals surface area contributed by atoms with Gasteiger partial charge in [0.2, 0.25) is 0 Å². The molecule has 4 aromatic rings. The number of aromatic nitrogens is 2. The van der Waals surface area contributed by atoms with Crippen LogP contribution in [0, 0.1) is 16.3 Å². The molecule has 0 aliphatic rings. The Morgan fingerprint density at radius 1 is 1.00 bits per heavy atom. The molecule has 25 heavy (non-hydrogen) atoms. The first-order valence-corrected chi connectivity index (χ1v) is 9.54. The summed E-state index contributed by atoms with van der Waals surface area (Å²) in [5.41, 5.74) is 2.98. The first kappa shape index (κ1) is 16.4. The van der Waals surface area contributed by atoms with Gasteiger partial charge in [-0.2, -0.15) is 0 Å². The van der Waals surface area contributed by atoms with Gasteiger partial charge in [0.05, 0.1) is 5.39 Å². The molecule has 0 atom stereocenters. The summed E-state index contributed by atoms with van der Waals surface area (Å²) in [7, 11) is 0. The normalized spacial score (nSPS) is 11.0. The van der Waals surface area contributed by atoms with E-state index >= 15 is 0 Å². The van der Waals surface area contributed by atoms with Crippen LogP contribution in [-0.2, 0) is 0 Å². The number of halogens is 2. The van der Waals surface area contributed by atoms with Gasteiger partial charge in [0, 0.05) is 19.7 Å². The lowest BCUT2D eigenvalue weighted by atomic mass is 10.0. The molecule has 1 N–H and O–H groups in total. The summed E-state index contributed by atoms with van der Waals surface area (Å²) in [5, 5.41) is 4.35. The summed E-state index contributed by atoms with van der Waals surface area (Å²) in [4.78, 5) is 10.9. The molecular formula is C19H13FIN3S. The van der Waals surface area contributed by atoms with Crippen molar-refractivity contribution in [2.45, 2.75) is 6.92 Å². The van der Waals surface area contributed by atoms with Gasteiger partial charge in [-0.3, -0.25) is 0 Å². The Morgan fingerprint density at radius 2 is 1.72 bits per heavy atom. The zero-order valence-corrected chi connectivity index (χ0v) is 16.2. The number of benzene rings is 2. The molecule has 0 saturated heterocycles. The minimum Gasteiger partial charge on any atom is -0.340 e. The highest BCUT2D eigenvalue weighted by atomic mass is 127. The topological polar surface area (TPSA) is 37.8 Å². The minimum atomic E-state index is -0.241. The molecule has 3 nitrogen and oxygen atoms in total. The molecular weight excluding hydrogens is 448 g/mol. The third-order valence-electron chi connectivity index (χ3n) is 3.90. The predicted molar refractivity (Wildman–Crippen MR) is 110 cm³/mol. The number of hydrogen-bond donors (Lipinski definition) is 1. The summed E-state index contributed by atoms with van der Waals surface area (Å²) in [5.74, 6) is 0.518. The van der Waals surface area contributed by atoms with Gasteiger partial charge in [0.1, 0.15) is 22.8 Å². The zero-order chi connectivity index (χ0) is 17.4. The number of nitrogens with one attached hydrogen (secondary N) is 1. The summed E-state index contributed by atoms with van der Waals surface area (Å²) in [6.07, 6.45) is 1.57. The maximum Gasteiger partial charge on any atom is 0.143 e. The average Bonchev–Trinajstić information content (AvgIpc) is 2.95. The van der Waals surface area contributed by atoms with Crippen LogP contribution >= 0.6 is 33.9 Å². The van der Waals surface area contributed by atoms with Gasteiger partial charge in [-0.25, -0.2) is 14.4 Å². The van der Waals surface area contributed by atoms with Gasteiger partial charge in [-0.05, 0) is 71.5 Å². The lowest BCUT2D eigenvalue weighted by molar-refractivity contribution is 0.628. The van der Waals surface area contributed by atoms with Crippen molar-refractivity contribution in [3.63, 3.8) is 0 Å². The Hall–Kier alpha value is -2.06. The molecule has 0 spiro atoms. The molecule has 0 aliphatic carbocycles. The second-order valence-corrected chi connectivity index (χ2v) is 8.02. The van der Waals surface area contributed by atoms with E-state index in [2.05, 4.69) is 44.8 Å². The van der Waals surface area contributed by atoms with Gasteiger partial charge in [0.25, 0.3) is 0 Å². The summed E-state index contributed by atoms with van der Waals surface area (Å²) in [6, 6.07) is 14.7. The van der Waals surface area contributed by atoms with E-state index in [1.165, 1.54) is 15.7 Å². The molecule has 6 heteroatoms. The van der Waals surface area contributed by atoms with Crippen LogP contribution < -0.4 is 5.32 Å². The molecule has 0 saturated carbocycles. The van der Waals surface area contributed by atoms with E-state index < -0.39 is 0 Å². The Labute approximate surface area is 162 Å². The molecule has 0 fully saturated rings. The van der Waals surface area contributed by atoms with Crippen molar-refractivity contribution in [1.82, 2.24) is 9.97 Å². The summed E-state index contributed by atoms with van der Waals surface area (Å²) in [6.45, 7) is 2.06. The highest BCUT2D eigenvalue weighted by Gasteiger charge is 2.17. The molecule has 0 bridgehead atoms. The molecule has 2 aromatic heterocycles. The van der Waals surface area contributed by atoms with E-state index in [4.69, 9.17) is 0 Å². The number of nitrogens with zero attached hydrogens (tertiary/aromatic N) is 2. The van der Waals surface area contributed by atoms with Crippen molar-refractivity contribution in [1.29, 1.82) is 0 Å². The van der Waals surface area contributed by atoms with Crippen LogP contribution in [0.1, 0.15) is 4.88 Å². The first-order valence-electron chi connectivity index (χ1n) is 7.64. The van der Waals surface area contributed by atoms with Crippen LogP contribution in [0.25, 0.3) is 21.3 Å². The van der Waals surface area contributed by atoms with E-state index in [9.17, 15) is 4.39 Å². The first-order chi connectivity index (χ1) is 12.1. The Morgan fingerprint density at radius 3 is 2.44 bits per heavy atom. The third kappa shape index (κ3) is 3.23. The van der Waals surface area contributed by atoms with Crippen molar-refractivity contribution in [2.24, 2.45) is 0 Å². The number of anilines is 2. The number of fused-ring (bicyclic) bond motifs is 1. The van der Waals surface area contributed by atoms with Crippen molar-refractivity contribution in [3.8, 4) is 11.1 Å². The monoisotopic (exact) mass is 461 g/mol. The largest absolute Gasteiger partial charge is 0.340 e. The second-order valence-electron chi connectivity index (χ2n) is 5.57. The maximum absolute atomic E-state index is 13.3.